The maximum atomic E-state index is 4.60. The molecule has 0 fully saturated rings. The molecule has 0 saturated heterocycles. The van der Waals surface area contributed by atoms with Crippen molar-refractivity contribution < 1.29 is 0 Å². The minimum Gasteiger partial charge on any atom is -0.338 e. The predicted molar refractivity (Wildman–Crippen MR) is 83.2 cm³/mol. The van der Waals surface area contributed by atoms with E-state index in [9.17, 15) is 0 Å². The van der Waals surface area contributed by atoms with E-state index in [1.165, 1.54) is 5.56 Å². The lowest BCUT2D eigenvalue weighted by molar-refractivity contribution is 0.903. The zero-order valence-corrected chi connectivity index (χ0v) is 11.3. The Morgan fingerprint density at radius 2 is 1.85 bits per heavy atom. The standard InChI is InChI=1S/C16H16N4/c1-17-20-15(12-7-3-2-4-8-12)16-18-11-13-9-5-6-10-14(13)19-16/h2-10,17H,11H2,1H3,(H,18,19)/b20-15-. The van der Waals surface area contributed by atoms with E-state index in [2.05, 4.69) is 33.0 Å². The van der Waals surface area contributed by atoms with E-state index >= 15 is 0 Å². The summed E-state index contributed by atoms with van der Waals surface area (Å²) in [7, 11) is 1.79. The molecule has 0 amide bonds. The number of hydrogen-bond donors (Lipinski definition) is 2. The fourth-order valence-electron chi connectivity index (χ4n) is 2.21. The second kappa shape index (κ2) is 5.57. The fourth-order valence-corrected chi connectivity index (χ4v) is 2.21. The Hall–Kier alpha value is -2.62. The third-order valence-electron chi connectivity index (χ3n) is 3.17. The largest absolute Gasteiger partial charge is 0.338 e. The quantitative estimate of drug-likeness (QED) is 0.661. The van der Waals surface area contributed by atoms with Crippen molar-refractivity contribution in [2.75, 3.05) is 12.4 Å². The topological polar surface area (TPSA) is 48.8 Å². The van der Waals surface area contributed by atoms with E-state index < -0.39 is 0 Å². The van der Waals surface area contributed by atoms with Crippen molar-refractivity contribution in [3.8, 4) is 0 Å². The number of nitrogens with zero attached hydrogens (tertiary/aromatic N) is 2. The van der Waals surface area contributed by atoms with Gasteiger partial charge in [0.2, 0.25) is 0 Å². The molecule has 4 heteroatoms. The Kier molecular flexibility index (Phi) is 3.46. The van der Waals surface area contributed by atoms with Crippen molar-refractivity contribution in [3.05, 3.63) is 65.7 Å². The third-order valence-corrected chi connectivity index (χ3v) is 3.17. The van der Waals surface area contributed by atoms with Gasteiger partial charge in [-0.05, 0) is 11.6 Å². The summed E-state index contributed by atoms with van der Waals surface area (Å²) in [5.74, 6) is 0.796. The van der Waals surface area contributed by atoms with E-state index in [4.69, 9.17) is 0 Å². The molecule has 3 rings (SSSR count). The number of aliphatic imine (C=N–C) groups is 1. The molecular formula is C16H16N4. The van der Waals surface area contributed by atoms with Gasteiger partial charge >= 0.3 is 0 Å². The van der Waals surface area contributed by atoms with Gasteiger partial charge in [-0.1, -0.05) is 48.5 Å². The molecule has 0 atom stereocenters. The van der Waals surface area contributed by atoms with Crippen molar-refractivity contribution in [2.24, 2.45) is 10.1 Å². The molecule has 0 saturated carbocycles. The van der Waals surface area contributed by atoms with Crippen LogP contribution in [0.4, 0.5) is 5.69 Å². The molecular weight excluding hydrogens is 248 g/mol. The predicted octanol–water partition coefficient (Wildman–Crippen LogP) is 2.63. The number of amidine groups is 1. The highest BCUT2D eigenvalue weighted by Crippen LogP contribution is 2.21. The highest BCUT2D eigenvalue weighted by atomic mass is 15.3. The van der Waals surface area contributed by atoms with E-state index in [-0.39, 0.29) is 0 Å². The highest BCUT2D eigenvalue weighted by molar-refractivity contribution is 6.51. The van der Waals surface area contributed by atoms with Crippen molar-refractivity contribution in [1.29, 1.82) is 0 Å². The Labute approximate surface area is 118 Å². The number of hydrogen-bond acceptors (Lipinski definition) is 4. The maximum absolute atomic E-state index is 4.60. The smallest absolute Gasteiger partial charge is 0.154 e. The number of rotatable bonds is 3. The summed E-state index contributed by atoms with van der Waals surface area (Å²) in [6.07, 6.45) is 0. The molecule has 1 aliphatic rings. The summed E-state index contributed by atoms with van der Waals surface area (Å²) < 4.78 is 0. The normalized spacial score (nSPS) is 14.1. The summed E-state index contributed by atoms with van der Waals surface area (Å²) in [5, 5.41) is 7.72. The van der Waals surface area contributed by atoms with Crippen LogP contribution < -0.4 is 10.7 Å². The van der Waals surface area contributed by atoms with E-state index in [0.717, 1.165) is 22.8 Å². The number of nitrogens with one attached hydrogen (secondary N) is 2. The van der Waals surface area contributed by atoms with Crippen LogP contribution in [0.15, 0.2) is 64.7 Å². The molecule has 4 nitrogen and oxygen atoms in total. The Morgan fingerprint density at radius 1 is 1.10 bits per heavy atom. The summed E-state index contributed by atoms with van der Waals surface area (Å²) in [6.45, 7) is 0.675. The molecule has 20 heavy (non-hydrogen) atoms. The van der Waals surface area contributed by atoms with Gasteiger partial charge in [0.05, 0.1) is 6.54 Å². The number of para-hydroxylation sites is 1. The Balaban J connectivity index is 1.95. The zero-order valence-electron chi connectivity index (χ0n) is 11.3. The first kappa shape index (κ1) is 12.4. The average molecular weight is 264 g/mol. The molecule has 0 radical (unpaired) electrons. The summed E-state index contributed by atoms with van der Waals surface area (Å²) in [6, 6.07) is 18.2. The molecule has 0 spiro atoms. The molecule has 0 bridgehead atoms. The maximum Gasteiger partial charge on any atom is 0.154 e. The fraction of sp³-hybridized carbons (Fsp3) is 0.125. The van der Waals surface area contributed by atoms with Crippen molar-refractivity contribution >= 4 is 17.2 Å². The van der Waals surface area contributed by atoms with Gasteiger partial charge in [-0.3, -0.25) is 4.99 Å². The van der Waals surface area contributed by atoms with Crippen LogP contribution in [-0.2, 0) is 6.54 Å². The van der Waals surface area contributed by atoms with Crippen LogP contribution in [0.25, 0.3) is 0 Å². The highest BCUT2D eigenvalue weighted by Gasteiger charge is 2.17. The van der Waals surface area contributed by atoms with Gasteiger partial charge in [-0.25, -0.2) is 0 Å². The van der Waals surface area contributed by atoms with E-state index in [1.54, 1.807) is 7.05 Å². The van der Waals surface area contributed by atoms with E-state index in [1.807, 2.05) is 42.5 Å². The summed E-state index contributed by atoms with van der Waals surface area (Å²) in [5.41, 5.74) is 7.01. The lowest BCUT2D eigenvalue weighted by atomic mass is 10.1. The summed E-state index contributed by atoms with van der Waals surface area (Å²) >= 11 is 0. The van der Waals surface area contributed by atoms with Crippen molar-refractivity contribution in [3.63, 3.8) is 0 Å². The molecule has 0 aromatic heterocycles. The molecule has 0 aliphatic carbocycles. The van der Waals surface area contributed by atoms with Gasteiger partial charge in [0.25, 0.3) is 0 Å². The third kappa shape index (κ3) is 2.40. The van der Waals surface area contributed by atoms with Gasteiger partial charge in [0.15, 0.2) is 5.84 Å². The van der Waals surface area contributed by atoms with Gasteiger partial charge in [-0.2, -0.15) is 5.10 Å². The van der Waals surface area contributed by atoms with Crippen molar-refractivity contribution in [2.45, 2.75) is 6.54 Å². The van der Waals surface area contributed by atoms with Crippen LogP contribution in [0.5, 0.6) is 0 Å². The SMILES string of the molecule is CN/N=C(\C1=NCc2ccccc2N1)c1ccccc1. The molecule has 2 aromatic rings. The number of fused-ring (bicyclic) bond motifs is 1. The molecule has 0 unspecified atom stereocenters. The zero-order chi connectivity index (χ0) is 13.8. The van der Waals surface area contributed by atoms with Crippen molar-refractivity contribution in [1.82, 2.24) is 5.43 Å². The average Bonchev–Trinajstić information content (AvgIpc) is 2.53. The summed E-state index contributed by atoms with van der Waals surface area (Å²) in [4.78, 5) is 4.60. The lowest BCUT2D eigenvalue weighted by Crippen LogP contribution is -2.29. The minimum absolute atomic E-state index is 0.675. The molecule has 2 N–H and O–H groups in total. The second-order valence-corrected chi connectivity index (χ2v) is 4.50. The molecule has 1 heterocycles. The van der Waals surface area contributed by atoms with Crippen LogP contribution in [0.2, 0.25) is 0 Å². The van der Waals surface area contributed by atoms with E-state index in [0.29, 0.717) is 6.54 Å². The van der Waals surface area contributed by atoms with Crippen LogP contribution in [0.1, 0.15) is 11.1 Å². The monoisotopic (exact) mass is 264 g/mol. The lowest BCUT2D eigenvalue weighted by Gasteiger charge is -2.19. The molecule has 100 valence electrons. The van der Waals surface area contributed by atoms with Crippen LogP contribution in [0, 0.1) is 0 Å². The Morgan fingerprint density at radius 3 is 2.65 bits per heavy atom. The number of hydrazone groups is 1. The van der Waals surface area contributed by atoms with Crippen LogP contribution >= 0.6 is 0 Å². The second-order valence-electron chi connectivity index (χ2n) is 4.50. The first-order valence-electron chi connectivity index (χ1n) is 6.58. The molecule has 1 aliphatic heterocycles. The van der Waals surface area contributed by atoms with Gasteiger partial charge in [0.1, 0.15) is 5.71 Å². The molecule has 2 aromatic carbocycles. The van der Waals surface area contributed by atoms with Gasteiger partial charge in [-0.15, -0.1) is 0 Å². The number of benzene rings is 2. The van der Waals surface area contributed by atoms with Gasteiger partial charge in [0, 0.05) is 18.3 Å². The number of anilines is 1. The minimum atomic E-state index is 0.675. The first-order valence-corrected chi connectivity index (χ1v) is 6.58. The van der Waals surface area contributed by atoms with Crippen LogP contribution in [0.3, 0.4) is 0 Å². The Bertz CT molecular complexity index is 659. The van der Waals surface area contributed by atoms with Gasteiger partial charge < -0.3 is 10.7 Å². The first-order chi connectivity index (χ1) is 9.88. The van der Waals surface area contributed by atoms with Crippen LogP contribution in [-0.4, -0.2) is 18.6 Å².